The molecule has 0 aromatic rings. The van der Waals surface area contributed by atoms with E-state index in [0.29, 0.717) is 12.1 Å². The molecule has 0 amide bonds. The van der Waals surface area contributed by atoms with Gasteiger partial charge in [0, 0.05) is 23.6 Å². The van der Waals surface area contributed by atoms with Gasteiger partial charge in [0.25, 0.3) is 0 Å². The minimum atomic E-state index is -2.86. The van der Waals surface area contributed by atoms with Crippen molar-refractivity contribution in [3.8, 4) is 0 Å². The molecule has 4 atom stereocenters. The van der Waals surface area contributed by atoms with Gasteiger partial charge in [-0.05, 0) is 44.8 Å². The van der Waals surface area contributed by atoms with E-state index in [1.54, 1.807) is 0 Å². The van der Waals surface area contributed by atoms with Crippen molar-refractivity contribution in [2.75, 3.05) is 12.5 Å². The van der Waals surface area contributed by atoms with Crippen LogP contribution in [-0.2, 0) is 9.84 Å². The molecule has 0 radical (unpaired) electrons. The number of hydrogen-bond acceptors (Lipinski definition) is 4. The Balaban J connectivity index is 1.85. The molecule has 112 valence electrons. The Morgan fingerprint density at radius 2 is 1.63 bits per heavy atom. The van der Waals surface area contributed by atoms with Crippen LogP contribution in [0.2, 0.25) is 0 Å². The van der Waals surface area contributed by atoms with E-state index in [2.05, 4.69) is 11.6 Å². The van der Waals surface area contributed by atoms with Crippen LogP contribution in [0.4, 0.5) is 0 Å². The molecule has 0 saturated heterocycles. The van der Waals surface area contributed by atoms with Crippen LogP contribution in [0, 0.1) is 0 Å². The molecule has 0 spiro atoms. The summed E-state index contributed by atoms with van der Waals surface area (Å²) in [6.07, 6.45) is 12.6. The lowest BCUT2D eigenvalue weighted by molar-refractivity contribution is 0.295. The summed E-state index contributed by atoms with van der Waals surface area (Å²) in [4.78, 5) is 0. The molecule has 2 aliphatic carbocycles. The van der Waals surface area contributed by atoms with Gasteiger partial charge in [-0.25, -0.2) is 8.42 Å². The minimum Gasteiger partial charge on any atom is -0.311 e. The van der Waals surface area contributed by atoms with E-state index in [9.17, 15) is 8.42 Å². The number of rotatable bonds is 4. The number of nitrogens with one attached hydrogen (secondary N) is 1. The highest BCUT2D eigenvalue weighted by molar-refractivity contribution is 7.99. The Kier molecular flexibility index (Phi) is 5.61. The summed E-state index contributed by atoms with van der Waals surface area (Å²) in [5.41, 5.74) is 0. The molecule has 0 bridgehead atoms. The summed E-state index contributed by atoms with van der Waals surface area (Å²) in [6, 6.07) is 1.02. The highest BCUT2D eigenvalue weighted by atomic mass is 32.2. The Bertz CT molecular complexity index is 383. The third-order valence-electron chi connectivity index (χ3n) is 4.66. The van der Waals surface area contributed by atoms with Crippen LogP contribution in [0.3, 0.4) is 0 Å². The van der Waals surface area contributed by atoms with Crippen molar-refractivity contribution in [3.05, 3.63) is 0 Å². The largest absolute Gasteiger partial charge is 0.311 e. The monoisotopic (exact) mass is 305 g/mol. The van der Waals surface area contributed by atoms with Crippen LogP contribution >= 0.6 is 11.8 Å². The molecular formula is C14H27NO2S2. The second-order valence-electron chi connectivity index (χ2n) is 6.20. The van der Waals surface area contributed by atoms with Crippen LogP contribution < -0.4 is 5.32 Å². The average molecular weight is 306 g/mol. The van der Waals surface area contributed by atoms with Gasteiger partial charge < -0.3 is 5.32 Å². The molecule has 2 fully saturated rings. The zero-order valence-corrected chi connectivity index (χ0v) is 13.7. The molecule has 2 rings (SSSR count). The van der Waals surface area contributed by atoms with Gasteiger partial charge in [0.05, 0.1) is 5.25 Å². The SMILES string of the molecule is CSC1CCCC(NC2CCCC(S(C)(=O)=O)C2)C1. The van der Waals surface area contributed by atoms with Gasteiger partial charge in [0.15, 0.2) is 0 Å². The fraction of sp³-hybridized carbons (Fsp3) is 1.00. The second kappa shape index (κ2) is 6.81. The molecule has 2 saturated carbocycles. The van der Waals surface area contributed by atoms with Crippen molar-refractivity contribution in [3.63, 3.8) is 0 Å². The van der Waals surface area contributed by atoms with Crippen LogP contribution in [0.25, 0.3) is 0 Å². The van der Waals surface area contributed by atoms with Gasteiger partial charge in [0.1, 0.15) is 9.84 Å². The third-order valence-corrected chi connectivity index (χ3v) is 7.40. The van der Waals surface area contributed by atoms with Crippen molar-refractivity contribution >= 4 is 21.6 Å². The average Bonchev–Trinajstić information content (AvgIpc) is 2.38. The predicted octanol–water partition coefficient (Wildman–Crippen LogP) is 2.61. The first-order valence-electron chi connectivity index (χ1n) is 7.46. The van der Waals surface area contributed by atoms with Gasteiger partial charge in [-0.15, -0.1) is 0 Å². The molecule has 0 aliphatic heterocycles. The van der Waals surface area contributed by atoms with Crippen molar-refractivity contribution in [2.24, 2.45) is 0 Å². The minimum absolute atomic E-state index is 0.112. The maximum absolute atomic E-state index is 11.7. The van der Waals surface area contributed by atoms with Gasteiger partial charge in [-0.3, -0.25) is 0 Å². The smallest absolute Gasteiger partial charge is 0.150 e. The van der Waals surface area contributed by atoms with Crippen molar-refractivity contribution in [2.45, 2.75) is 74.0 Å². The first-order valence-corrected chi connectivity index (χ1v) is 10.7. The van der Waals surface area contributed by atoms with Gasteiger partial charge in [-0.1, -0.05) is 12.8 Å². The Morgan fingerprint density at radius 3 is 2.26 bits per heavy atom. The van der Waals surface area contributed by atoms with E-state index < -0.39 is 9.84 Å². The molecule has 19 heavy (non-hydrogen) atoms. The fourth-order valence-corrected chi connectivity index (χ4v) is 5.53. The molecular weight excluding hydrogens is 278 g/mol. The molecule has 5 heteroatoms. The number of thioether (sulfide) groups is 1. The zero-order chi connectivity index (χ0) is 13.9. The molecule has 0 aromatic heterocycles. The van der Waals surface area contributed by atoms with E-state index >= 15 is 0 Å². The number of hydrogen-bond donors (Lipinski definition) is 1. The van der Waals surface area contributed by atoms with E-state index in [1.165, 1.54) is 31.9 Å². The molecule has 4 unspecified atom stereocenters. The third kappa shape index (κ3) is 4.64. The van der Waals surface area contributed by atoms with Crippen molar-refractivity contribution < 1.29 is 8.42 Å². The van der Waals surface area contributed by atoms with E-state index in [0.717, 1.165) is 30.9 Å². The van der Waals surface area contributed by atoms with E-state index in [4.69, 9.17) is 0 Å². The van der Waals surface area contributed by atoms with Crippen molar-refractivity contribution in [1.82, 2.24) is 5.32 Å². The van der Waals surface area contributed by atoms with E-state index in [1.807, 2.05) is 11.8 Å². The predicted molar refractivity (Wildman–Crippen MR) is 83.6 cm³/mol. The normalized spacial score (nSPS) is 37.2. The summed E-state index contributed by atoms with van der Waals surface area (Å²) in [7, 11) is -2.86. The summed E-state index contributed by atoms with van der Waals surface area (Å²) in [6.45, 7) is 0. The van der Waals surface area contributed by atoms with Gasteiger partial charge in [-0.2, -0.15) is 11.8 Å². The first kappa shape index (κ1) is 15.6. The zero-order valence-electron chi connectivity index (χ0n) is 12.1. The Hall–Kier alpha value is 0.260. The highest BCUT2D eigenvalue weighted by Crippen LogP contribution is 2.29. The maximum atomic E-state index is 11.7. The Morgan fingerprint density at radius 1 is 1.00 bits per heavy atom. The second-order valence-corrected chi connectivity index (χ2v) is 9.67. The maximum Gasteiger partial charge on any atom is 0.150 e. The standard InChI is InChI=1S/C14H27NO2S2/c1-18-13-7-3-5-11(9-13)15-12-6-4-8-14(10-12)19(2,16)17/h11-15H,3-10H2,1-2H3. The molecule has 1 N–H and O–H groups in total. The summed E-state index contributed by atoms with van der Waals surface area (Å²) >= 11 is 1.98. The summed E-state index contributed by atoms with van der Waals surface area (Å²) < 4.78 is 23.4. The topological polar surface area (TPSA) is 46.2 Å². The number of sulfone groups is 1. The summed E-state index contributed by atoms with van der Waals surface area (Å²) in [5.74, 6) is 0. The lowest BCUT2D eigenvalue weighted by Gasteiger charge is -2.35. The first-order chi connectivity index (χ1) is 8.99. The fourth-order valence-electron chi connectivity index (χ4n) is 3.53. The lowest BCUT2D eigenvalue weighted by Crippen LogP contribution is -2.45. The lowest BCUT2D eigenvalue weighted by atomic mass is 9.90. The van der Waals surface area contributed by atoms with Crippen LogP contribution in [0.15, 0.2) is 0 Å². The molecule has 0 heterocycles. The summed E-state index contributed by atoms with van der Waals surface area (Å²) in [5, 5.41) is 4.43. The van der Waals surface area contributed by atoms with Crippen LogP contribution in [0.1, 0.15) is 51.4 Å². The Labute approximate surface area is 122 Å². The van der Waals surface area contributed by atoms with Gasteiger partial charge in [0.2, 0.25) is 0 Å². The van der Waals surface area contributed by atoms with Crippen LogP contribution in [0.5, 0.6) is 0 Å². The van der Waals surface area contributed by atoms with Crippen LogP contribution in [-0.4, -0.2) is 43.5 Å². The highest BCUT2D eigenvalue weighted by Gasteiger charge is 2.31. The molecule has 3 nitrogen and oxygen atoms in total. The molecule has 0 aromatic carbocycles. The van der Waals surface area contributed by atoms with Crippen molar-refractivity contribution in [1.29, 1.82) is 0 Å². The molecule has 2 aliphatic rings. The quantitative estimate of drug-likeness (QED) is 0.867. The van der Waals surface area contributed by atoms with E-state index in [-0.39, 0.29) is 5.25 Å². The van der Waals surface area contributed by atoms with Gasteiger partial charge >= 0.3 is 0 Å².